The van der Waals surface area contributed by atoms with Crippen molar-refractivity contribution in [3.63, 3.8) is 0 Å². The monoisotopic (exact) mass is 323 g/mol. The first-order valence-corrected chi connectivity index (χ1v) is 9.10. The first kappa shape index (κ1) is 15.5. The predicted octanol–water partition coefficient (Wildman–Crippen LogP) is 4.58. The van der Waals surface area contributed by atoms with E-state index in [1.807, 2.05) is 18.2 Å². The maximum Gasteiger partial charge on any atom is 0.202 e. The van der Waals surface area contributed by atoms with E-state index in [0.29, 0.717) is 6.04 Å². The Kier molecular flexibility index (Phi) is 3.95. The van der Waals surface area contributed by atoms with E-state index in [1.165, 1.54) is 42.5 Å². The van der Waals surface area contributed by atoms with E-state index in [0.717, 1.165) is 29.8 Å². The van der Waals surface area contributed by atoms with E-state index < -0.39 is 0 Å². The van der Waals surface area contributed by atoms with Crippen LogP contribution < -0.4 is 4.74 Å². The summed E-state index contributed by atoms with van der Waals surface area (Å²) in [5, 5.41) is 0. The van der Waals surface area contributed by atoms with E-state index in [2.05, 4.69) is 24.5 Å². The van der Waals surface area contributed by atoms with Gasteiger partial charge in [0.2, 0.25) is 5.78 Å². The molecule has 0 spiro atoms. The zero-order chi connectivity index (χ0) is 16.7. The van der Waals surface area contributed by atoms with E-state index in [4.69, 9.17) is 4.74 Å². The van der Waals surface area contributed by atoms with Gasteiger partial charge >= 0.3 is 0 Å². The van der Waals surface area contributed by atoms with Crippen LogP contribution in [0.2, 0.25) is 0 Å². The average molecular weight is 323 g/mol. The Morgan fingerprint density at radius 2 is 2.00 bits per heavy atom. The topological polar surface area (TPSA) is 31.2 Å². The molecular formula is C21H25NO2. The van der Waals surface area contributed by atoms with Crippen molar-refractivity contribution < 1.29 is 9.53 Å². The van der Waals surface area contributed by atoms with Crippen LogP contribution >= 0.6 is 0 Å². The molecular weight excluding hydrogens is 298 g/mol. The van der Waals surface area contributed by atoms with Crippen molar-refractivity contribution in [2.45, 2.75) is 58.4 Å². The molecule has 0 bridgehead atoms. The molecule has 0 N–H and O–H groups in total. The second-order valence-corrected chi connectivity index (χ2v) is 7.20. The van der Waals surface area contributed by atoms with Gasteiger partial charge < -0.3 is 9.30 Å². The van der Waals surface area contributed by atoms with Crippen molar-refractivity contribution in [1.82, 2.24) is 4.57 Å². The largest absolute Gasteiger partial charge is 0.485 e. The molecule has 0 amide bonds. The Morgan fingerprint density at radius 3 is 2.79 bits per heavy atom. The van der Waals surface area contributed by atoms with Crippen LogP contribution in [0.1, 0.15) is 64.6 Å². The van der Waals surface area contributed by atoms with Crippen LogP contribution in [0.5, 0.6) is 5.75 Å². The summed E-state index contributed by atoms with van der Waals surface area (Å²) < 4.78 is 8.26. The summed E-state index contributed by atoms with van der Waals surface area (Å²) in [4.78, 5) is 12.7. The number of aryl methyl sites for hydroxylation is 2. The standard InChI is InChI=1S/C21H25NO2/c1-14-12-19(15(2)22(14)17-10-11-17)20(23)13-24-21-9-5-7-16-6-3-4-8-18(16)21/h5,7,9,12,17H,3-4,6,8,10-11,13H2,1-2H3. The molecule has 1 heterocycles. The maximum atomic E-state index is 12.7. The average Bonchev–Trinajstić information content (AvgIpc) is 3.38. The summed E-state index contributed by atoms with van der Waals surface area (Å²) in [6.45, 7) is 4.28. The molecule has 24 heavy (non-hydrogen) atoms. The maximum absolute atomic E-state index is 12.7. The van der Waals surface area contributed by atoms with Gasteiger partial charge in [0, 0.05) is 23.0 Å². The van der Waals surface area contributed by atoms with Gasteiger partial charge in [-0.1, -0.05) is 12.1 Å². The molecule has 0 atom stereocenters. The van der Waals surface area contributed by atoms with Crippen LogP contribution in [-0.4, -0.2) is 17.0 Å². The Hall–Kier alpha value is -2.03. The van der Waals surface area contributed by atoms with Crippen LogP contribution in [0.25, 0.3) is 0 Å². The predicted molar refractivity (Wildman–Crippen MR) is 95.1 cm³/mol. The van der Waals surface area contributed by atoms with Gasteiger partial charge in [-0.25, -0.2) is 0 Å². The van der Waals surface area contributed by atoms with E-state index in [1.54, 1.807) is 0 Å². The normalized spacial score (nSPS) is 16.8. The van der Waals surface area contributed by atoms with Crippen molar-refractivity contribution >= 4 is 5.78 Å². The number of hydrogen-bond donors (Lipinski definition) is 0. The number of Topliss-reactive ketones (excluding diaryl/α,β-unsaturated/α-hetero) is 1. The van der Waals surface area contributed by atoms with Crippen molar-refractivity contribution in [2.75, 3.05) is 6.61 Å². The number of hydrogen-bond acceptors (Lipinski definition) is 2. The molecule has 3 heteroatoms. The number of aromatic nitrogens is 1. The molecule has 0 aliphatic heterocycles. The second-order valence-electron chi connectivity index (χ2n) is 7.20. The van der Waals surface area contributed by atoms with Gasteiger partial charge in [0.05, 0.1) is 0 Å². The lowest BCUT2D eigenvalue weighted by Gasteiger charge is -2.19. The number of ether oxygens (including phenoxy) is 1. The van der Waals surface area contributed by atoms with Crippen LogP contribution in [0, 0.1) is 13.8 Å². The van der Waals surface area contributed by atoms with Crippen molar-refractivity contribution in [1.29, 1.82) is 0 Å². The lowest BCUT2D eigenvalue weighted by Crippen LogP contribution is -2.14. The SMILES string of the molecule is Cc1cc(C(=O)COc2cccc3c2CCCC3)c(C)n1C1CC1. The Morgan fingerprint density at radius 1 is 1.21 bits per heavy atom. The molecule has 2 aromatic rings. The summed E-state index contributed by atoms with van der Waals surface area (Å²) in [5.74, 6) is 0.986. The molecule has 0 radical (unpaired) electrons. The zero-order valence-corrected chi connectivity index (χ0v) is 14.6. The second kappa shape index (κ2) is 6.12. The minimum absolute atomic E-state index is 0.0865. The van der Waals surface area contributed by atoms with Crippen LogP contribution in [0.3, 0.4) is 0 Å². The number of fused-ring (bicyclic) bond motifs is 1. The van der Waals surface area contributed by atoms with Crippen molar-refractivity contribution in [2.24, 2.45) is 0 Å². The minimum atomic E-state index is 0.0865. The van der Waals surface area contributed by atoms with Gasteiger partial charge in [-0.15, -0.1) is 0 Å². The highest BCUT2D eigenvalue weighted by Crippen LogP contribution is 2.38. The number of benzene rings is 1. The molecule has 2 aliphatic carbocycles. The number of rotatable bonds is 5. The lowest BCUT2D eigenvalue weighted by molar-refractivity contribution is 0.0920. The van der Waals surface area contributed by atoms with Gasteiger partial charge in [-0.2, -0.15) is 0 Å². The first-order valence-electron chi connectivity index (χ1n) is 9.10. The van der Waals surface area contributed by atoms with Gasteiger partial charge in [-0.05, 0) is 75.6 Å². The highest BCUT2D eigenvalue weighted by molar-refractivity contribution is 5.98. The van der Waals surface area contributed by atoms with Gasteiger partial charge in [0.1, 0.15) is 5.75 Å². The number of carbonyl (C=O) groups excluding carboxylic acids is 1. The fraction of sp³-hybridized carbons (Fsp3) is 0.476. The van der Waals surface area contributed by atoms with Gasteiger partial charge in [0.15, 0.2) is 6.61 Å². The summed E-state index contributed by atoms with van der Waals surface area (Å²) in [7, 11) is 0. The highest BCUT2D eigenvalue weighted by atomic mass is 16.5. The quantitative estimate of drug-likeness (QED) is 0.754. The summed E-state index contributed by atoms with van der Waals surface area (Å²) in [6.07, 6.45) is 7.12. The summed E-state index contributed by atoms with van der Waals surface area (Å²) in [5.41, 5.74) is 5.80. The lowest BCUT2D eigenvalue weighted by atomic mass is 9.91. The molecule has 1 saturated carbocycles. The molecule has 2 aliphatic rings. The number of ketones is 1. The molecule has 1 aromatic carbocycles. The fourth-order valence-electron chi connectivity index (χ4n) is 4.06. The van der Waals surface area contributed by atoms with Crippen LogP contribution in [-0.2, 0) is 12.8 Å². The van der Waals surface area contributed by atoms with E-state index in [9.17, 15) is 4.79 Å². The molecule has 3 nitrogen and oxygen atoms in total. The molecule has 0 saturated heterocycles. The minimum Gasteiger partial charge on any atom is -0.485 e. The third-order valence-electron chi connectivity index (χ3n) is 5.41. The van der Waals surface area contributed by atoms with Crippen molar-refractivity contribution in [3.05, 3.63) is 52.3 Å². The van der Waals surface area contributed by atoms with E-state index in [-0.39, 0.29) is 12.4 Å². The summed E-state index contributed by atoms with van der Waals surface area (Å²) in [6, 6.07) is 8.87. The fourth-order valence-corrected chi connectivity index (χ4v) is 4.06. The number of carbonyl (C=O) groups is 1. The molecule has 1 aromatic heterocycles. The number of nitrogens with zero attached hydrogens (tertiary/aromatic N) is 1. The zero-order valence-electron chi connectivity index (χ0n) is 14.6. The van der Waals surface area contributed by atoms with Crippen molar-refractivity contribution in [3.8, 4) is 5.75 Å². The third kappa shape index (κ3) is 2.77. The molecule has 126 valence electrons. The van der Waals surface area contributed by atoms with Gasteiger partial charge in [0.25, 0.3) is 0 Å². The Bertz CT molecular complexity index is 783. The Labute approximate surface area is 143 Å². The van der Waals surface area contributed by atoms with Gasteiger partial charge in [-0.3, -0.25) is 4.79 Å². The highest BCUT2D eigenvalue weighted by Gasteiger charge is 2.28. The molecule has 0 unspecified atom stereocenters. The van der Waals surface area contributed by atoms with Crippen LogP contribution in [0.4, 0.5) is 0 Å². The molecule has 4 rings (SSSR count). The van der Waals surface area contributed by atoms with E-state index >= 15 is 0 Å². The first-order chi connectivity index (χ1) is 11.6. The Balaban J connectivity index is 1.51. The molecule has 1 fully saturated rings. The smallest absolute Gasteiger partial charge is 0.202 e. The van der Waals surface area contributed by atoms with Crippen LogP contribution in [0.15, 0.2) is 24.3 Å². The third-order valence-corrected chi connectivity index (χ3v) is 5.41. The summed E-state index contributed by atoms with van der Waals surface area (Å²) >= 11 is 0.